The molecule has 0 unspecified atom stereocenters. The lowest BCUT2D eigenvalue weighted by molar-refractivity contribution is 0.567. The van der Waals surface area contributed by atoms with Crippen molar-refractivity contribution in [2.45, 2.75) is 19.8 Å². The number of benzene rings is 1. The van der Waals surface area contributed by atoms with E-state index in [0.29, 0.717) is 23.1 Å². The van der Waals surface area contributed by atoms with E-state index in [1.165, 1.54) is 5.56 Å². The van der Waals surface area contributed by atoms with Gasteiger partial charge in [0.15, 0.2) is 17.4 Å². The monoisotopic (exact) mass is 407 g/mol. The van der Waals surface area contributed by atoms with Crippen LogP contribution in [0.1, 0.15) is 30.2 Å². The molecule has 0 fully saturated rings. The van der Waals surface area contributed by atoms with Gasteiger partial charge in [-0.1, -0.05) is 37.5 Å². The van der Waals surface area contributed by atoms with Gasteiger partial charge in [0.2, 0.25) is 0 Å². The molecular weight excluding hydrogens is 386 g/mol. The van der Waals surface area contributed by atoms with Gasteiger partial charge in [0.1, 0.15) is 17.2 Å². The fourth-order valence-electron chi connectivity index (χ4n) is 3.48. The average Bonchev–Trinajstić information content (AvgIpc) is 3.54. The molecule has 1 N–H and O–H groups in total. The molecule has 5 rings (SSSR count). The zero-order valence-electron chi connectivity index (χ0n) is 17.1. The molecule has 5 nitrogen and oxygen atoms in total. The van der Waals surface area contributed by atoms with Crippen molar-refractivity contribution in [1.29, 1.82) is 0 Å². The number of hydrogen-bond donors (Lipinski definition) is 1. The highest BCUT2D eigenvalue weighted by molar-refractivity contribution is 5.76. The van der Waals surface area contributed by atoms with Crippen LogP contribution >= 0.6 is 0 Å². The third-order valence-electron chi connectivity index (χ3n) is 4.94. The van der Waals surface area contributed by atoms with Crippen molar-refractivity contribution in [2.75, 3.05) is 5.32 Å². The molecule has 0 saturated heterocycles. The summed E-state index contributed by atoms with van der Waals surface area (Å²) in [7, 11) is 0. The first-order chi connectivity index (χ1) is 15.3. The van der Waals surface area contributed by atoms with Gasteiger partial charge < -0.3 is 14.2 Å². The van der Waals surface area contributed by atoms with Crippen LogP contribution < -0.4 is 5.32 Å². The van der Waals surface area contributed by atoms with Gasteiger partial charge in [-0.3, -0.25) is 4.40 Å². The van der Waals surface area contributed by atoms with E-state index in [1.54, 1.807) is 6.26 Å². The molecule has 0 aliphatic heterocycles. The summed E-state index contributed by atoms with van der Waals surface area (Å²) in [6.45, 7) is 2.17. The molecule has 4 heterocycles. The summed E-state index contributed by atoms with van der Waals surface area (Å²) in [4.78, 5) is 4.85. The summed E-state index contributed by atoms with van der Waals surface area (Å²) in [6, 6.07) is 21.6. The molecule has 1 aromatic carbocycles. The fraction of sp³-hybridized carbons (Fsp3) is 0.115. The zero-order valence-corrected chi connectivity index (χ0v) is 17.1. The number of nitrogens with one attached hydrogen (secondary N) is 1. The second-order valence-corrected chi connectivity index (χ2v) is 7.20. The molecule has 0 bridgehead atoms. The highest BCUT2D eigenvalue weighted by atomic mass is 16.3. The van der Waals surface area contributed by atoms with Gasteiger partial charge in [0, 0.05) is 17.8 Å². The maximum Gasteiger partial charge on any atom is 0.198 e. The van der Waals surface area contributed by atoms with Gasteiger partial charge in [-0.05, 0) is 60.4 Å². The Morgan fingerprint density at radius 3 is 2.71 bits per heavy atom. The second-order valence-electron chi connectivity index (χ2n) is 7.20. The first-order valence-electron chi connectivity index (χ1n) is 10.3. The summed E-state index contributed by atoms with van der Waals surface area (Å²) < 4.78 is 13.5. The SMILES string of the molecule is CCCc1ccn2c(Nc3ccco3)c(-c3ccc(C#Cc4ccccc4)o3)nc2c1. The highest BCUT2D eigenvalue weighted by Gasteiger charge is 2.18. The topological polar surface area (TPSA) is 55.6 Å². The van der Waals surface area contributed by atoms with Crippen LogP contribution in [0.4, 0.5) is 11.7 Å². The van der Waals surface area contributed by atoms with Crippen molar-refractivity contribution in [3.8, 4) is 23.3 Å². The van der Waals surface area contributed by atoms with E-state index in [9.17, 15) is 0 Å². The lowest BCUT2D eigenvalue weighted by Gasteiger charge is -2.06. The van der Waals surface area contributed by atoms with Crippen LogP contribution in [-0.2, 0) is 6.42 Å². The number of rotatable bonds is 5. The van der Waals surface area contributed by atoms with Gasteiger partial charge in [-0.15, -0.1) is 0 Å². The molecule has 4 aromatic heterocycles. The quantitative estimate of drug-likeness (QED) is 0.348. The predicted octanol–water partition coefficient (Wildman–Crippen LogP) is 6.28. The van der Waals surface area contributed by atoms with E-state index < -0.39 is 0 Å². The van der Waals surface area contributed by atoms with Crippen LogP contribution in [0.5, 0.6) is 0 Å². The summed E-state index contributed by atoms with van der Waals surface area (Å²) in [5.74, 6) is 8.86. The Kier molecular flexibility index (Phi) is 5.04. The van der Waals surface area contributed by atoms with Gasteiger partial charge in [0.25, 0.3) is 0 Å². The van der Waals surface area contributed by atoms with Crippen molar-refractivity contribution in [3.05, 3.63) is 96.1 Å². The van der Waals surface area contributed by atoms with Crippen LogP contribution in [-0.4, -0.2) is 9.38 Å². The molecule has 0 aliphatic carbocycles. The Labute approximate surface area is 180 Å². The van der Waals surface area contributed by atoms with Crippen molar-refractivity contribution in [1.82, 2.24) is 9.38 Å². The number of anilines is 2. The smallest absolute Gasteiger partial charge is 0.198 e. The molecule has 0 amide bonds. The number of aromatic nitrogens is 2. The first-order valence-corrected chi connectivity index (χ1v) is 10.3. The lowest BCUT2D eigenvalue weighted by atomic mass is 10.1. The summed E-state index contributed by atoms with van der Waals surface area (Å²) in [5, 5.41) is 3.33. The van der Waals surface area contributed by atoms with E-state index in [0.717, 1.165) is 29.9 Å². The Morgan fingerprint density at radius 2 is 1.90 bits per heavy atom. The number of furan rings is 2. The summed E-state index contributed by atoms with van der Waals surface area (Å²) >= 11 is 0. The third-order valence-corrected chi connectivity index (χ3v) is 4.94. The summed E-state index contributed by atoms with van der Waals surface area (Å²) in [6.07, 6.45) is 5.76. The molecule has 0 radical (unpaired) electrons. The maximum atomic E-state index is 6.04. The molecule has 0 aliphatic rings. The minimum absolute atomic E-state index is 0.589. The number of aryl methyl sites for hydroxylation is 1. The molecular formula is C26H21N3O2. The standard InChI is InChI=1S/C26H21N3O2/c1-2-7-20-15-16-29-23(18-20)27-25(26(29)28-24-10-6-17-30-24)22-14-13-21(31-22)12-11-19-8-4-3-5-9-19/h3-6,8-10,13-18,28H,2,7H2,1H3. The molecule has 31 heavy (non-hydrogen) atoms. The molecule has 0 atom stereocenters. The summed E-state index contributed by atoms with van der Waals surface area (Å²) in [5.41, 5.74) is 3.75. The molecule has 5 aromatic rings. The minimum atomic E-state index is 0.589. The zero-order chi connectivity index (χ0) is 21.0. The number of pyridine rings is 1. The van der Waals surface area contributed by atoms with Gasteiger partial charge in [-0.2, -0.15) is 0 Å². The Balaban J connectivity index is 1.55. The molecule has 5 heteroatoms. The predicted molar refractivity (Wildman–Crippen MR) is 121 cm³/mol. The Bertz CT molecular complexity index is 1370. The third kappa shape index (κ3) is 3.96. The van der Waals surface area contributed by atoms with Crippen LogP contribution in [0.25, 0.3) is 17.1 Å². The van der Waals surface area contributed by atoms with Crippen LogP contribution in [0.3, 0.4) is 0 Å². The largest absolute Gasteiger partial charge is 0.449 e. The van der Waals surface area contributed by atoms with Gasteiger partial charge in [0.05, 0.1) is 6.26 Å². The van der Waals surface area contributed by atoms with E-state index in [4.69, 9.17) is 13.8 Å². The van der Waals surface area contributed by atoms with Crippen molar-refractivity contribution < 1.29 is 8.83 Å². The van der Waals surface area contributed by atoms with Crippen LogP contribution in [0.2, 0.25) is 0 Å². The Morgan fingerprint density at radius 1 is 1.00 bits per heavy atom. The van der Waals surface area contributed by atoms with E-state index in [-0.39, 0.29) is 0 Å². The maximum absolute atomic E-state index is 6.04. The number of fused-ring (bicyclic) bond motifs is 1. The van der Waals surface area contributed by atoms with E-state index >= 15 is 0 Å². The minimum Gasteiger partial charge on any atom is -0.449 e. The number of nitrogens with zero attached hydrogens (tertiary/aromatic N) is 2. The van der Waals surface area contributed by atoms with Crippen LogP contribution in [0, 0.1) is 11.8 Å². The molecule has 152 valence electrons. The number of hydrogen-bond acceptors (Lipinski definition) is 4. The normalized spacial score (nSPS) is 10.7. The average molecular weight is 407 g/mol. The van der Waals surface area contributed by atoms with Crippen molar-refractivity contribution in [2.24, 2.45) is 0 Å². The van der Waals surface area contributed by atoms with E-state index in [1.807, 2.05) is 65.2 Å². The van der Waals surface area contributed by atoms with Crippen molar-refractivity contribution in [3.63, 3.8) is 0 Å². The Hall–Kier alpha value is -4.17. The first kappa shape index (κ1) is 18.8. The van der Waals surface area contributed by atoms with Crippen LogP contribution in [0.15, 0.2) is 88.0 Å². The lowest BCUT2D eigenvalue weighted by Crippen LogP contribution is -1.96. The van der Waals surface area contributed by atoms with Gasteiger partial charge >= 0.3 is 0 Å². The second kappa shape index (κ2) is 8.29. The van der Waals surface area contributed by atoms with Crippen molar-refractivity contribution >= 4 is 17.3 Å². The van der Waals surface area contributed by atoms with E-state index in [2.05, 4.69) is 36.2 Å². The highest BCUT2D eigenvalue weighted by Crippen LogP contribution is 2.32. The molecule has 0 spiro atoms. The molecule has 0 saturated carbocycles. The fourth-order valence-corrected chi connectivity index (χ4v) is 3.48. The number of imidazole rings is 1. The van der Waals surface area contributed by atoms with Gasteiger partial charge in [-0.25, -0.2) is 4.98 Å².